The number of carboxylic acid groups (broad SMARTS) is 2. The van der Waals surface area contributed by atoms with Crippen LogP contribution in [0.15, 0.2) is 24.3 Å². The van der Waals surface area contributed by atoms with E-state index >= 15 is 0 Å². The quantitative estimate of drug-likeness (QED) is 0.191. The van der Waals surface area contributed by atoms with Crippen molar-refractivity contribution in [2.75, 3.05) is 13.2 Å². The van der Waals surface area contributed by atoms with Crippen molar-refractivity contribution in [3.63, 3.8) is 0 Å². The predicted molar refractivity (Wildman–Crippen MR) is 120 cm³/mol. The number of aliphatic hydroxyl groups is 2. The zero-order valence-corrected chi connectivity index (χ0v) is 22.6. The van der Waals surface area contributed by atoms with E-state index in [0.29, 0.717) is 12.2 Å². The molecule has 0 heterocycles. The van der Waals surface area contributed by atoms with Crippen LogP contribution in [-0.4, -0.2) is 83.4 Å². The molecule has 0 aliphatic carbocycles. The van der Waals surface area contributed by atoms with Gasteiger partial charge in [0, 0.05) is 12.2 Å². The van der Waals surface area contributed by atoms with Crippen LogP contribution in [0.3, 0.4) is 0 Å². The second-order valence-electron chi connectivity index (χ2n) is 5.97. The Morgan fingerprint density at radius 3 is 1.15 bits per heavy atom. The molecule has 2 N–H and O–H groups in total. The summed E-state index contributed by atoms with van der Waals surface area (Å²) in [5.74, 6) is -4.58. The third-order valence-electron chi connectivity index (χ3n) is 2.35. The second-order valence-corrected chi connectivity index (χ2v) is 5.97. The molecule has 33 heavy (non-hydrogen) atoms. The van der Waals surface area contributed by atoms with E-state index in [9.17, 15) is 29.4 Å². The summed E-state index contributed by atoms with van der Waals surface area (Å²) in [7, 11) is 0. The van der Waals surface area contributed by atoms with Crippen molar-refractivity contribution in [1.29, 1.82) is 0 Å². The minimum absolute atomic E-state index is 0. The third-order valence-corrected chi connectivity index (χ3v) is 2.35. The van der Waals surface area contributed by atoms with Crippen LogP contribution in [0.2, 0.25) is 0 Å². The molecule has 0 saturated carbocycles. The number of carbonyl (C=O) groups is 4. The summed E-state index contributed by atoms with van der Waals surface area (Å²) in [6, 6.07) is 0. The Balaban J connectivity index is -0.000000117. The van der Waals surface area contributed by atoms with Crippen LogP contribution >= 0.6 is 0 Å². The summed E-state index contributed by atoms with van der Waals surface area (Å²) in [6.07, 6.45) is 5.60. The number of carbonyl (C=O) groups excluding carboxylic acids is 4. The van der Waals surface area contributed by atoms with E-state index in [1.807, 2.05) is 0 Å². The van der Waals surface area contributed by atoms with E-state index in [2.05, 4.69) is 37.2 Å². The average Bonchev–Trinajstić information content (AvgIpc) is 2.73. The second kappa shape index (κ2) is 32.3. The first-order valence-electron chi connectivity index (χ1n) is 9.93. The molecule has 0 amide bonds. The molecule has 0 rings (SSSR count). The summed E-state index contributed by atoms with van der Waals surface area (Å²) in [5, 5.41) is 36.9. The van der Waals surface area contributed by atoms with E-state index < -0.39 is 36.1 Å². The SMILES string of the molecule is CC(O)COC(=O)/C=C\C(=O)[O-].CC(O)COC(=O)/C=C\C(=O)[O-].[CH2]CCC.[CH2]CCC.[Sn+2]. The fourth-order valence-corrected chi connectivity index (χ4v) is 0.774. The van der Waals surface area contributed by atoms with Crippen molar-refractivity contribution in [2.24, 2.45) is 0 Å². The summed E-state index contributed by atoms with van der Waals surface area (Å²) in [6.45, 7) is 14.0. The molecule has 188 valence electrons. The minimum Gasteiger partial charge on any atom is -0.545 e. The van der Waals surface area contributed by atoms with Crippen LogP contribution in [-0.2, 0) is 28.7 Å². The third kappa shape index (κ3) is 58.8. The van der Waals surface area contributed by atoms with E-state index in [-0.39, 0.29) is 37.1 Å². The zero-order chi connectivity index (χ0) is 25.9. The van der Waals surface area contributed by atoms with Crippen LogP contribution in [0, 0.1) is 13.8 Å². The van der Waals surface area contributed by atoms with Gasteiger partial charge in [-0.2, -0.15) is 0 Å². The molecule has 2 atom stereocenters. The van der Waals surface area contributed by atoms with Crippen LogP contribution in [0.5, 0.6) is 0 Å². The predicted octanol–water partition coefficient (Wildman–Crippen LogP) is -0.707. The molecule has 0 aromatic heterocycles. The number of unbranched alkanes of at least 4 members (excludes halogenated alkanes) is 2. The average molecular weight is 579 g/mol. The summed E-state index contributed by atoms with van der Waals surface area (Å²) in [5.41, 5.74) is 0. The maximum Gasteiger partial charge on any atom is 2.00 e. The van der Waals surface area contributed by atoms with Crippen molar-refractivity contribution in [3.8, 4) is 0 Å². The van der Waals surface area contributed by atoms with Gasteiger partial charge in [0.1, 0.15) is 13.2 Å². The normalized spacial score (nSPS) is 11.2. The Kier molecular flexibility index (Phi) is 40.4. The molecule has 0 bridgehead atoms. The first-order chi connectivity index (χ1) is 14.9. The number of hydrogen-bond donors (Lipinski definition) is 2. The molecule has 0 aliphatic heterocycles. The number of carboxylic acids is 2. The Labute approximate surface area is 213 Å². The van der Waals surface area contributed by atoms with E-state index in [1.54, 1.807) is 0 Å². The maximum atomic E-state index is 10.5. The van der Waals surface area contributed by atoms with E-state index in [4.69, 9.17) is 10.2 Å². The molecule has 10 nitrogen and oxygen atoms in total. The van der Waals surface area contributed by atoms with Gasteiger partial charge in [-0.25, -0.2) is 9.59 Å². The molecule has 0 saturated heterocycles. The van der Waals surface area contributed by atoms with Crippen molar-refractivity contribution in [3.05, 3.63) is 38.2 Å². The molecule has 11 heteroatoms. The number of ether oxygens (including phenoxy) is 2. The fourth-order valence-electron chi connectivity index (χ4n) is 0.774. The standard InChI is InChI=1S/2C7H10O5.2C4H9.Sn/c2*1-5(8)4-12-7(11)3-2-6(9)10;2*1-3-4-2;/h2*2-3,5,8H,4H2,1H3,(H,9,10);2*1,3-4H2,2H3;/q;;;;+2/p-2/b2*3-2-;;;. The molecule has 2 unspecified atom stereocenters. The molecule has 0 fully saturated rings. The van der Waals surface area contributed by atoms with Gasteiger partial charge in [-0.15, -0.1) is 0 Å². The van der Waals surface area contributed by atoms with Gasteiger partial charge in [0.2, 0.25) is 0 Å². The Morgan fingerprint density at radius 1 is 0.758 bits per heavy atom. The molecular formula is C22H36O10Sn. The van der Waals surface area contributed by atoms with Crippen LogP contribution in [0.4, 0.5) is 0 Å². The largest absolute Gasteiger partial charge is 2.00 e. The van der Waals surface area contributed by atoms with E-state index in [1.165, 1.54) is 26.7 Å². The summed E-state index contributed by atoms with van der Waals surface area (Å²) >= 11 is 0. The molecule has 4 radical (unpaired) electrons. The Hall–Kier alpha value is -1.92. The smallest absolute Gasteiger partial charge is 0.545 e. The van der Waals surface area contributed by atoms with Crippen LogP contribution < -0.4 is 10.2 Å². The van der Waals surface area contributed by atoms with Gasteiger partial charge in [-0.3, -0.25) is 0 Å². The van der Waals surface area contributed by atoms with Crippen molar-refractivity contribution in [1.82, 2.24) is 0 Å². The van der Waals surface area contributed by atoms with Gasteiger partial charge in [0.05, 0.1) is 24.1 Å². The topological polar surface area (TPSA) is 173 Å². The molecule has 0 spiro atoms. The van der Waals surface area contributed by atoms with Gasteiger partial charge in [-0.05, 0) is 26.0 Å². The zero-order valence-electron chi connectivity index (χ0n) is 19.8. The van der Waals surface area contributed by atoms with Gasteiger partial charge in [0.25, 0.3) is 0 Å². The molecular weight excluding hydrogens is 543 g/mol. The van der Waals surface area contributed by atoms with Crippen molar-refractivity contribution in [2.45, 2.75) is 65.6 Å². The van der Waals surface area contributed by atoms with Crippen molar-refractivity contribution < 1.29 is 49.1 Å². The number of hydrogen-bond acceptors (Lipinski definition) is 10. The number of aliphatic hydroxyl groups excluding tert-OH is 2. The number of aliphatic carboxylic acids is 2. The summed E-state index contributed by atoms with van der Waals surface area (Å²) < 4.78 is 8.77. The first kappa shape index (κ1) is 41.3. The molecule has 0 aromatic rings. The van der Waals surface area contributed by atoms with Gasteiger partial charge < -0.3 is 39.5 Å². The van der Waals surface area contributed by atoms with Crippen LogP contribution in [0.1, 0.15) is 53.4 Å². The monoisotopic (exact) mass is 580 g/mol. The Morgan fingerprint density at radius 2 is 1.00 bits per heavy atom. The maximum absolute atomic E-state index is 10.5. The van der Waals surface area contributed by atoms with Gasteiger partial charge >= 0.3 is 35.8 Å². The van der Waals surface area contributed by atoms with Gasteiger partial charge in [-0.1, -0.05) is 53.4 Å². The fraction of sp³-hybridized carbons (Fsp3) is 0.545. The summed E-state index contributed by atoms with van der Waals surface area (Å²) in [4.78, 5) is 40.7. The van der Waals surface area contributed by atoms with Gasteiger partial charge in [0.15, 0.2) is 0 Å². The van der Waals surface area contributed by atoms with E-state index in [0.717, 1.165) is 25.0 Å². The molecule has 0 aromatic carbocycles. The molecule has 0 aliphatic rings. The Bertz CT molecular complexity index is 491. The minimum atomic E-state index is -1.47. The van der Waals surface area contributed by atoms with Crippen LogP contribution in [0.25, 0.3) is 0 Å². The van der Waals surface area contributed by atoms with Crippen molar-refractivity contribution >= 4 is 47.8 Å². The number of rotatable bonds is 10. The first-order valence-corrected chi connectivity index (χ1v) is 9.93. The number of esters is 2.